The molecule has 0 radical (unpaired) electrons. The molecule has 2 aliphatic rings. The van der Waals surface area contributed by atoms with E-state index in [4.69, 9.17) is 0 Å². The van der Waals surface area contributed by atoms with Crippen molar-refractivity contribution < 1.29 is 4.79 Å². The van der Waals surface area contributed by atoms with Crippen molar-refractivity contribution in [2.45, 2.75) is 12.8 Å². The summed E-state index contributed by atoms with van der Waals surface area (Å²) >= 11 is 0. The highest BCUT2D eigenvalue weighted by Gasteiger charge is 2.28. The Morgan fingerprint density at radius 1 is 1.15 bits per heavy atom. The van der Waals surface area contributed by atoms with Gasteiger partial charge in [-0.2, -0.15) is 0 Å². The molecule has 0 unspecified atom stereocenters. The number of nitrogens with one attached hydrogen (secondary N) is 1. The van der Waals surface area contributed by atoms with Gasteiger partial charge in [-0.25, -0.2) is 4.98 Å². The average Bonchev–Trinajstić information content (AvgIpc) is 2.56. The van der Waals surface area contributed by atoms with Gasteiger partial charge in [0.15, 0.2) is 0 Å². The number of carbonyl (C=O) groups excluding carboxylic acids is 1. The van der Waals surface area contributed by atoms with E-state index in [9.17, 15) is 4.79 Å². The summed E-state index contributed by atoms with van der Waals surface area (Å²) in [6, 6.07) is 0. The van der Waals surface area contributed by atoms with Gasteiger partial charge in [0.1, 0.15) is 5.82 Å². The van der Waals surface area contributed by atoms with E-state index in [1.54, 1.807) is 18.6 Å². The second-order valence-corrected chi connectivity index (χ2v) is 5.40. The van der Waals surface area contributed by atoms with E-state index in [0.717, 1.165) is 57.9 Å². The van der Waals surface area contributed by atoms with Crippen LogP contribution in [0.1, 0.15) is 12.8 Å². The van der Waals surface area contributed by atoms with Crippen LogP contribution < -0.4 is 10.2 Å². The van der Waals surface area contributed by atoms with E-state index in [2.05, 4.69) is 20.2 Å². The van der Waals surface area contributed by atoms with Crippen molar-refractivity contribution in [3.05, 3.63) is 18.6 Å². The highest BCUT2D eigenvalue weighted by atomic mass is 16.2. The molecule has 108 valence electrons. The molecule has 6 heteroatoms. The maximum Gasteiger partial charge on any atom is 0.225 e. The number of carbonyl (C=O) groups is 1. The summed E-state index contributed by atoms with van der Waals surface area (Å²) in [6.45, 7) is 5.20. The number of hydrogen-bond acceptors (Lipinski definition) is 5. The first-order valence-electron chi connectivity index (χ1n) is 7.35. The predicted octanol–water partition coefficient (Wildman–Crippen LogP) is 0.125. The molecule has 1 N–H and O–H groups in total. The zero-order valence-corrected chi connectivity index (χ0v) is 11.7. The molecule has 1 amide bonds. The molecule has 6 nitrogen and oxygen atoms in total. The van der Waals surface area contributed by atoms with Gasteiger partial charge in [0.05, 0.1) is 6.20 Å². The van der Waals surface area contributed by atoms with Crippen LogP contribution in [-0.4, -0.2) is 60.0 Å². The SMILES string of the molecule is O=C(C1CCNCC1)N1CCN(c2cnccn2)CC1. The molecule has 3 heterocycles. The zero-order valence-electron chi connectivity index (χ0n) is 11.7. The largest absolute Gasteiger partial charge is 0.352 e. The van der Waals surface area contributed by atoms with E-state index in [0.29, 0.717) is 5.91 Å². The minimum atomic E-state index is 0.222. The molecule has 0 aromatic carbocycles. The summed E-state index contributed by atoms with van der Waals surface area (Å²) in [4.78, 5) is 25.1. The number of aromatic nitrogens is 2. The highest BCUT2D eigenvalue weighted by molar-refractivity contribution is 5.79. The van der Waals surface area contributed by atoms with E-state index in [1.807, 2.05) is 4.90 Å². The summed E-state index contributed by atoms with van der Waals surface area (Å²) in [5.74, 6) is 1.46. The van der Waals surface area contributed by atoms with Gasteiger partial charge in [0.25, 0.3) is 0 Å². The molecule has 0 saturated carbocycles. The van der Waals surface area contributed by atoms with Crippen LogP contribution in [0, 0.1) is 5.92 Å². The van der Waals surface area contributed by atoms with Crippen molar-refractivity contribution in [1.82, 2.24) is 20.2 Å². The molecular weight excluding hydrogens is 254 g/mol. The molecule has 20 heavy (non-hydrogen) atoms. The van der Waals surface area contributed by atoms with Crippen LogP contribution in [0.3, 0.4) is 0 Å². The Kier molecular flexibility index (Phi) is 4.11. The van der Waals surface area contributed by atoms with Crippen molar-refractivity contribution in [1.29, 1.82) is 0 Å². The Bertz CT molecular complexity index is 438. The second-order valence-electron chi connectivity index (χ2n) is 5.40. The molecule has 2 saturated heterocycles. The summed E-state index contributed by atoms with van der Waals surface area (Å²) in [7, 11) is 0. The Balaban J connectivity index is 1.54. The normalized spacial score (nSPS) is 21.0. The van der Waals surface area contributed by atoms with Gasteiger partial charge in [0, 0.05) is 44.5 Å². The van der Waals surface area contributed by atoms with Crippen LogP contribution in [0.25, 0.3) is 0 Å². The van der Waals surface area contributed by atoms with Crippen LogP contribution >= 0.6 is 0 Å². The van der Waals surface area contributed by atoms with E-state index < -0.39 is 0 Å². The zero-order chi connectivity index (χ0) is 13.8. The molecule has 0 atom stereocenters. The van der Waals surface area contributed by atoms with Crippen LogP contribution in [-0.2, 0) is 4.79 Å². The number of nitrogens with zero attached hydrogens (tertiary/aromatic N) is 4. The summed E-state index contributed by atoms with van der Waals surface area (Å²) < 4.78 is 0. The van der Waals surface area contributed by atoms with Gasteiger partial charge >= 0.3 is 0 Å². The molecule has 1 aromatic heterocycles. The minimum Gasteiger partial charge on any atom is -0.352 e. The number of piperidine rings is 1. The lowest BCUT2D eigenvalue weighted by atomic mass is 9.96. The Hall–Kier alpha value is -1.69. The first-order chi connectivity index (χ1) is 9.84. The van der Waals surface area contributed by atoms with Gasteiger partial charge in [0.2, 0.25) is 5.91 Å². The molecule has 2 fully saturated rings. The number of hydrogen-bond donors (Lipinski definition) is 1. The van der Waals surface area contributed by atoms with Gasteiger partial charge in [-0.05, 0) is 25.9 Å². The monoisotopic (exact) mass is 275 g/mol. The molecule has 0 spiro atoms. The smallest absolute Gasteiger partial charge is 0.225 e. The third-order valence-corrected chi connectivity index (χ3v) is 4.15. The van der Waals surface area contributed by atoms with E-state index >= 15 is 0 Å². The van der Waals surface area contributed by atoms with Crippen molar-refractivity contribution in [2.75, 3.05) is 44.2 Å². The van der Waals surface area contributed by atoms with Crippen molar-refractivity contribution in [3.8, 4) is 0 Å². The highest BCUT2D eigenvalue weighted by Crippen LogP contribution is 2.18. The molecule has 0 aliphatic carbocycles. The predicted molar refractivity (Wildman–Crippen MR) is 76.4 cm³/mol. The Morgan fingerprint density at radius 2 is 1.90 bits per heavy atom. The third-order valence-electron chi connectivity index (χ3n) is 4.15. The van der Waals surface area contributed by atoms with Crippen molar-refractivity contribution in [2.24, 2.45) is 5.92 Å². The van der Waals surface area contributed by atoms with Gasteiger partial charge in [-0.3, -0.25) is 9.78 Å². The third kappa shape index (κ3) is 2.90. The number of amides is 1. The fraction of sp³-hybridized carbons (Fsp3) is 0.643. The van der Waals surface area contributed by atoms with Crippen LogP contribution in [0.4, 0.5) is 5.82 Å². The van der Waals surface area contributed by atoms with Crippen LogP contribution in [0.15, 0.2) is 18.6 Å². The van der Waals surface area contributed by atoms with Crippen LogP contribution in [0.5, 0.6) is 0 Å². The van der Waals surface area contributed by atoms with Crippen LogP contribution in [0.2, 0.25) is 0 Å². The summed E-state index contributed by atoms with van der Waals surface area (Å²) in [5.41, 5.74) is 0. The molecule has 0 bridgehead atoms. The quantitative estimate of drug-likeness (QED) is 0.831. The lowest BCUT2D eigenvalue weighted by Gasteiger charge is -2.37. The summed E-state index contributed by atoms with van der Waals surface area (Å²) in [5, 5.41) is 3.31. The Morgan fingerprint density at radius 3 is 2.55 bits per heavy atom. The number of anilines is 1. The van der Waals surface area contributed by atoms with Crippen molar-refractivity contribution in [3.63, 3.8) is 0 Å². The standard InChI is InChI=1S/C14H21N5O/c20-14(12-1-3-15-4-2-12)19-9-7-18(8-10-19)13-11-16-5-6-17-13/h5-6,11-12,15H,1-4,7-10H2. The average molecular weight is 275 g/mol. The first-order valence-corrected chi connectivity index (χ1v) is 7.35. The maximum atomic E-state index is 12.4. The van der Waals surface area contributed by atoms with E-state index in [-0.39, 0.29) is 5.92 Å². The number of piperazine rings is 1. The van der Waals surface area contributed by atoms with Gasteiger partial charge < -0.3 is 15.1 Å². The molecule has 1 aromatic rings. The van der Waals surface area contributed by atoms with E-state index in [1.165, 1.54) is 0 Å². The number of rotatable bonds is 2. The molecular formula is C14H21N5O. The molecule has 3 rings (SSSR count). The van der Waals surface area contributed by atoms with Gasteiger partial charge in [-0.15, -0.1) is 0 Å². The topological polar surface area (TPSA) is 61.4 Å². The second kappa shape index (κ2) is 6.17. The first kappa shape index (κ1) is 13.3. The lowest BCUT2D eigenvalue weighted by molar-refractivity contribution is -0.136. The maximum absolute atomic E-state index is 12.4. The lowest BCUT2D eigenvalue weighted by Crippen LogP contribution is -2.51. The fourth-order valence-corrected chi connectivity index (χ4v) is 2.94. The molecule has 2 aliphatic heterocycles. The van der Waals surface area contributed by atoms with Crippen molar-refractivity contribution >= 4 is 11.7 Å². The minimum absolute atomic E-state index is 0.222. The van der Waals surface area contributed by atoms with Gasteiger partial charge in [-0.1, -0.05) is 0 Å². The summed E-state index contributed by atoms with van der Waals surface area (Å²) in [6.07, 6.45) is 7.12. The fourth-order valence-electron chi connectivity index (χ4n) is 2.94. The Labute approximate surface area is 119 Å².